The highest BCUT2D eigenvalue weighted by molar-refractivity contribution is 7.18. The number of hydrogen-bond donors (Lipinski definition) is 0. The maximum absolute atomic E-state index is 13.0. The molecule has 0 bridgehead atoms. The van der Waals surface area contributed by atoms with Gasteiger partial charge in [-0.1, -0.05) is 111 Å². The summed E-state index contributed by atoms with van der Waals surface area (Å²) >= 11 is 0. The van der Waals surface area contributed by atoms with E-state index >= 15 is 0 Å². The first-order valence-electron chi connectivity index (χ1n) is 12.2. The Morgan fingerprint density at radius 3 is 1.91 bits per heavy atom. The van der Waals surface area contributed by atoms with Crippen molar-refractivity contribution in [2.75, 3.05) is 0 Å². The van der Waals surface area contributed by atoms with Gasteiger partial charge < -0.3 is 0 Å². The highest BCUT2D eigenvalue weighted by Crippen LogP contribution is 2.38. The normalized spacial score (nSPS) is 21.9. The molecule has 4 heteroatoms. The Bertz CT molecular complexity index is 777. The molecule has 1 nitrogen and oxygen atoms in total. The molecule has 0 amide bonds. The van der Waals surface area contributed by atoms with Crippen LogP contribution in [0, 0.1) is 17.8 Å². The second kappa shape index (κ2) is 14.6. The molecule has 0 N–H and O–H groups in total. The molecule has 2 fully saturated rings. The van der Waals surface area contributed by atoms with Crippen LogP contribution in [0.25, 0.3) is 0 Å². The first-order valence-corrected chi connectivity index (χ1v) is 12.8. The summed E-state index contributed by atoms with van der Waals surface area (Å²) in [5.74, 6) is 1.88. The van der Waals surface area contributed by atoms with Crippen molar-refractivity contribution in [2.45, 2.75) is 84.7 Å². The molecule has 3 rings (SSSR count). The van der Waals surface area contributed by atoms with E-state index in [1.807, 2.05) is 12.2 Å². The van der Waals surface area contributed by atoms with Gasteiger partial charge in [-0.3, -0.25) is 4.79 Å². The molecule has 2 aliphatic rings. The van der Waals surface area contributed by atoms with Gasteiger partial charge in [0.15, 0.2) is 5.78 Å². The zero-order chi connectivity index (χ0) is 25.0. The van der Waals surface area contributed by atoms with Crippen LogP contribution in [0.3, 0.4) is 0 Å². The van der Waals surface area contributed by atoms with Crippen molar-refractivity contribution in [3.8, 4) is 0 Å². The first kappa shape index (κ1) is 29.4. The van der Waals surface area contributed by atoms with Gasteiger partial charge in [-0.05, 0) is 55.6 Å². The maximum atomic E-state index is 13.0. The smallest absolute Gasteiger partial charge is 0.265 e. The monoisotopic (exact) mass is 476 g/mol. The van der Waals surface area contributed by atoms with Gasteiger partial charge in [0.1, 0.15) is 0 Å². The molecular weight excluding hydrogens is 433 g/mol. The number of benzene rings is 1. The van der Waals surface area contributed by atoms with E-state index in [9.17, 15) is 13.6 Å². The van der Waals surface area contributed by atoms with Gasteiger partial charge in [0.05, 0.1) is 0 Å². The number of rotatable bonds is 6. The molecule has 2 atom stereocenters. The van der Waals surface area contributed by atoms with Crippen LogP contribution in [0.15, 0.2) is 60.7 Å². The van der Waals surface area contributed by atoms with Crippen molar-refractivity contribution in [1.29, 1.82) is 0 Å². The number of halogens is 2. The summed E-state index contributed by atoms with van der Waals surface area (Å²) in [5, 5.41) is 0. The van der Waals surface area contributed by atoms with Gasteiger partial charge in [-0.15, -0.1) is 0 Å². The summed E-state index contributed by atoms with van der Waals surface area (Å²) in [5.41, 5.74) is -0.257. The first-order chi connectivity index (χ1) is 15.5. The second-order valence-electron chi connectivity index (χ2n) is 9.60. The zero-order valence-corrected chi connectivity index (χ0v) is 22.3. The van der Waals surface area contributed by atoms with Crippen LogP contribution in [0.5, 0.6) is 0 Å². The van der Waals surface area contributed by atoms with Crippen LogP contribution in [0.4, 0.5) is 8.78 Å². The van der Waals surface area contributed by atoms with Crippen molar-refractivity contribution in [3.05, 3.63) is 71.8 Å². The van der Waals surface area contributed by atoms with Gasteiger partial charge >= 0.3 is 0 Å². The number of alkyl halides is 2. The predicted molar refractivity (Wildman–Crippen MR) is 142 cm³/mol. The van der Waals surface area contributed by atoms with E-state index in [0.29, 0.717) is 11.1 Å². The van der Waals surface area contributed by atoms with Gasteiger partial charge in [0, 0.05) is 11.5 Å². The lowest BCUT2D eigenvalue weighted by Crippen LogP contribution is -2.15. The van der Waals surface area contributed by atoms with Gasteiger partial charge in [-0.25, -0.2) is 8.78 Å². The fraction of sp³-hybridized carbons (Fsp3) is 0.552. The van der Waals surface area contributed by atoms with Crippen LogP contribution >= 0.6 is 9.24 Å². The molecule has 184 valence electrons. The molecule has 2 saturated carbocycles. The molecule has 0 radical (unpaired) electrons. The van der Waals surface area contributed by atoms with Crippen molar-refractivity contribution in [2.24, 2.45) is 17.8 Å². The molecule has 1 aromatic carbocycles. The van der Waals surface area contributed by atoms with Crippen LogP contribution in [0.2, 0.25) is 0 Å². The van der Waals surface area contributed by atoms with E-state index in [4.69, 9.17) is 0 Å². The van der Waals surface area contributed by atoms with Crippen LogP contribution < -0.4 is 0 Å². The Balaban J connectivity index is 0.000000282. The summed E-state index contributed by atoms with van der Waals surface area (Å²) < 4.78 is 25.9. The Morgan fingerprint density at radius 2 is 1.55 bits per heavy atom. The summed E-state index contributed by atoms with van der Waals surface area (Å²) in [6.45, 7) is 13.4. The third-order valence-corrected chi connectivity index (χ3v) is 7.01. The fourth-order valence-electron chi connectivity index (χ4n) is 3.64. The van der Waals surface area contributed by atoms with Crippen molar-refractivity contribution in [3.63, 3.8) is 0 Å². The van der Waals surface area contributed by atoms with E-state index in [0.717, 1.165) is 17.8 Å². The molecule has 33 heavy (non-hydrogen) atoms. The van der Waals surface area contributed by atoms with E-state index < -0.39 is 11.6 Å². The Hall–Kier alpha value is -1.60. The van der Waals surface area contributed by atoms with Gasteiger partial charge in [-0.2, -0.15) is 0 Å². The van der Waals surface area contributed by atoms with Crippen LogP contribution in [-0.4, -0.2) is 11.4 Å². The number of ketones is 1. The Kier molecular flexibility index (Phi) is 13.0. The number of carbonyl (C=O) groups is 1. The SMILES string of the molecule is C=C/C=C\C(=C/C)C1CCC(C)CC1.CC(=O)c1ccc(C(C)C(F)(F)P)cc1.CC1CC1. The molecule has 0 aliphatic heterocycles. The van der Waals surface area contributed by atoms with Crippen LogP contribution in [-0.2, 0) is 0 Å². The average Bonchev–Trinajstić information content (AvgIpc) is 3.57. The minimum Gasteiger partial charge on any atom is -0.295 e. The fourth-order valence-corrected chi connectivity index (χ4v) is 3.83. The number of allylic oxidation sites excluding steroid dienone is 5. The number of hydrogen-bond acceptors (Lipinski definition) is 1. The van der Waals surface area contributed by atoms with E-state index in [-0.39, 0.29) is 5.78 Å². The van der Waals surface area contributed by atoms with Crippen molar-refractivity contribution >= 4 is 15.0 Å². The minimum atomic E-state index is -2.82. The molecule has 0 heterocycles. The minimum absolute atomic E-state index is 0.0631. The molecule has 0 saturated heterocycles. The third kappa shape index (κ3) is 11.9. The van der Waals surface area contributed by atoms with Crippen molar-refractivity contribution in [1.82, 2.24) is 0 Å². The zero-order valence-electron chi connectivity index (χ0n) is 21.1. The third-order valence-electron chi connectivity index (χ3n) is 6.51. The Morgan fingerprint density at radius 1 is 1.06 bits per heavy atom. The summed E-state index contributed by atoms with van der Waals surface area (Å²) in [6.07, 6.45) is 16.9. The van der Waals surface area contributed by atoms with Gasteiger partial charge in [0.2, 0.25) is 0 Å². The lowest BCUT2D eigenvalue weighted by Gasteiger charge is -2.27. The lowest BCUT2D eigenvalue weighted by atomic mass is 9.79. The van der Waals surface area contributed by atoms with E-state index in [1.165, 1.54) is 67.2 Å². The lowest BCUT2D eigenvalue weighted by molar-refractivity contribution is 0.0781. The molecule has 1 aromatic rings. The van der Waals surface area contributed by atoms with Crippen LogP contribution in [0.1, 0.15) is 95.0 Å². The predicted octanol–water partition coefficient (Wildman–Crippen LogP) is 9.38. The quantitative estimate of drug-likeness (QED) is 0.227. The summed E-state index contributed by atoms with van der Waals surface area (Å²) in [6, 6.07) is 6.29. The summed E-state index contributed by atoms with van der Waals surface area (Å²) in [4.78, 5) is 11.0. The highest BCUT2D eigenvalue weighted by Gasteiger charge is 2.31. The summed E-state index contributed by atoms with van der Waals surface area (Å²) in [7, 11) is 1.53. The Labute approximate surface area is 203 Å². The van der Waals surface area contributed by atoms with Crippen molar-refractivity contribution < 1.29 is 13.6 Å². The molecular formula is C29H43F2OP. The van der Waals surface area contributed by atoms with Gasteiger partial charge in [0.25, 0.3) is 5.66 Å². The topological polar surface area (TPSA) is 17.1 Å². The molecule has 2 unspecified atom stereocenters. The van der Waals surface area contributed by atoms with E-state index in [1.54, 1.807) is 24.3 Å². The second-order valence-corrected chi connectivity index (χ2v) is 10.4. The molecule has 2 aliphatic carbocycles. The number of Topliss-reactive ketones (excluding diaryl/α,β-unsaturated/α-hetero) is 1. The standard InChI is InChI=1S/C14H22.C11H13F2OP.C4H8/c1-4-6-7-13(5-2)14-10-8-12(3)9-11-14;1-7(11(12,13)15)9-3-5-10(6-4-9)8(2)14;1-4-2-3-4/h4-7,12,14H,1,8-11H2,2-3H3;3-7H,15H2,1-2H3;4H,2-3H2,1H3/b7-6-,13-5+;;. The van der Waals surface area contributed by atoms with E-state index in [2.05, 4.69) is 39.5 Å². The number of carbonyl (C=O) groups excluding carboxylic acids is 1. The highest BCUT2D eigenvalue weighted by atomic mass is 31.0. The maximum Gasteiger partial charge on any atom is 0.265 e. The molecule has 0 aromatic heterocycles. The average molecular weight is 477 g/mol. The molecule has 0 spiro atoms. The largest absolute Gasteiger partial charge is 0.295 e.